The van der Waals surface area contributed by atoms with Crippen molar-refractivity contribution < 1.29 is 82.5 Å². The van der Waals surface area contributed by atoms with E-state index < -0.39 is 123 Å². The van der Waals surface area contributed by atoms with Gasteiger partial charge in [-0.15, -0.1) is 0 Å². The zero-order valence-electron chi connectivity index (χ0n) is 59.4. The number of rotatable bonds is 18. The lowest BCUT2D eigenvalue weighted by Gasteiger charge is -2.35. The standard InChI is InChI=1S/3C27H24F3N3O4/c3*28-17-10-21(29)19(22(30)11-17)12-31-26(35)20-14-33-18-8-4-5-9-32(13-18)27(36)23(33)25(24(20)34)37-15-16-6-2-1-3-7-16/h3*1-3,6-7,10-11,14,18H,4-5,8-9,12-13,15H2,(H,31,35)/t2*18-;/m10./s1. The zero-order chi connectivity index (χ0) is 78.3. The summed E-state index contributed by atoms with van der Waals surface area (Å²) in [6.45, 7) is 1.22. The predicted molar refractivity (Wildman–Crippen MR) is 383 cm³/mol. The van der Waals surface area contributed by atoms with Crippen molar-refractivity contribution in [1.29, 1.82) is 0 Å². The molecule has 3 fully saturated rings. The van der Waals surface area contributed by atoms with E-state index in [0.717, 1.165) is 74.5 Å². The quantitative estimate of drug-likeness (QED) is 0.0680. The number of amides is 6. The van der Waals surface area contributed by atoms with Crippen molar-refractivity contribution in [2.24, 2.45) is 0 Å². The van der Waals surface area contributed by atoms with E-state index in [4.69, 9.17) is 14.2 Å². The largest absolute Gasteiger partial charge is 0.483 e. The smallest absolute Gasteiger partial charge is 0.274 e. The summed E-state index contributed by atoms with van der Waals surface area (Å²) in [6.07, 6.45) is 11.3. The van der Waals surface area contributed by atoms with Crippen LogP contribution in [0.15, 0.2) is 160 Å². The Kier molecular flexibility index (Phi) is 23.4. The van der Waals surface area contributed by atoms with Crippen LogP contribution in [-0.2, 0) is 39.5 Å². The van der Waals surface area contributed by atoms with E-state index in [1.165, 1.54) is 18.6 Å². The van der Waals surface area contributed by atoms with Gasteiger partial charge in [-0.05, 0) is 74.5 Å². The molecule has 0 spiro atoms. The van der Waals surface area contributed by atoms with Crippen LogP contribution in [0.4, 0.5) is 39.5 Å². The number of hydrogen-bond acceptors (Lipinski definition) is 12. The summed E-state index contributed by atoms with van der Waals surface area (Å²) in [5.74, 6) is -14.6. The highest BCUT2D eigenvalue weighted by molar-refractivity contribution is 6.01. The van der Waals surface area contributed by atoms with Crippen LogP contribution in [0.1, 0.15) is 172 Å². The Morgan fingerprint density at radius 3 is 0.838 bits per heavy atom. The third kappa shape index (κ3) is 16.8. The van der Waals surface area contributed by atoms with Gasteiger partial charge in [0.15, 0.2) is 34.3 Å². The molecule has 3 N–H and O–H groups in total. The molecule has 0 saturated carbocycles. The minimum atomic E-state index is -1.16. The van der Waals surface area contributed by atoms with Gasteiger partial charge in [-0.1, -0.05) is 91.0 Å². The van der Waals surface area contributed by atoms with Gasteiger partial charge in [-0.25, -0.2) is 39.5 Å². The lowest BCUT2D eigenvalue weighted by Crippen LogP contribution is -2.44. The summed E-state index contributed by atoms with van der Waals surface area (Å²) in [5.41, 5.74) is -2.41. The van der Waals surface area contributed by atoms with Crippen LogP contribution in [0, 0.1) is 52.4 Å². The first kappa shape index (κ1) is 76.9. The van der Waals surface area contributed by atoms with Crippen molar-refractivity contribution in [3.63, 3.8) is 0 Å². The van der Waals surface area contributed by atoms with Crippen molar-refractivity contribution in [3.05, 3.63) is 296 Å². The SMILES string of the molecule is O=C(NCc1c(F)cc(F)cc1F)c1cn2c(c(OCc3ccccc3)c1=O)C(=O)N1CCCCC2C1.O=C(NCc1c(F)cc(F)cc1F)c1cn2c(c(OCc3ccccc3)c1=O)C(=O)N1CCCC[C@@H]2C1.O=C(NCc1c(F)cc(F)cc1F)c1cn2c(c(OCc3ccccc3)c1=O)C(=O)N1CCCC[C@H]2C1. The van der Waals surface area contributed by atoms with E-state index in [0.29, 0.717) is 75.7 Å². The Bertz CT molecular complexity index is 4720. The van der Waals surface area contributed by atoms with Crippen LogP contribution in [-0.4, -0.2) is 103 Å². The Hall–Kier alpha value is -12.2. The molecule has 576 valence electrons. The maximum atomic E-state index is 14.1. The number of ether oxygens (including phenoxy) is 3. The summed E-state index contributed by atoms with van der Waals surface area (Å²) in [4.78, 5) is 125. The number of carbonyl (C=O) groups excluding carboxylic acids is 6. The van der Waals surface area contributed by atoms with Gasteiger partial charge in [0.2, 0.25) is 16.3 Å². The highest BCUT2D eigenvalue weighted by Crippen LogP contribution is 2.37. The van der Waals surface area contributed by atoms with Crippen LogP contribution in [0.25, 0.3) is 0 Å². The molecular formula is C81H72F9N9O12. The molecule has 9 aromatic rings. The second-order valence-electron chi connectivity index (χ2n) is 27.5. The first-order valence-electron chi connectivity index (χ1n) is 36.0. The topological polar surface area (TPSA) is 242 Å². The second-order valence-corrected chi connectivity index (χ2v) is 27.5. The lowest BCUT2D eigenvalue weighted by molar-refractivity contribution is 0.0667. The monoisotopic (exact) mass is 1530 g/mol. The highest BCUT2D eigenvalue weighted by atomic mass is 19.2. The van der Waals surface area contributed by atoms with E-state index >= 15 is 0 Å². The number of benzene rings is 6. The molecule has 0 aliphatic carbocycles. The molecule has 6 aromatic carbocycles. The van der Waals surface area contributed by atoms with Gasteiger partial charge in [0.1, 0.15) is 88.9 Å². The Balaban J connectivity index is 0.000000146. The summed E-state index contributed by atoms with van der Waals surface area (Å²) in [7, 11) is 0. The van der Waals surface area contributed by atoms with Crippen molar-refractivity contribution in [2.75, 3.05) is 39.3 Å². The molecule has 21 nitrogen and oxygen atoms in total. The molecule has 111 heavy (non-hydrogen) atoms. The fourth-order valence-electron chi connectivity index (χ4n) is 14.4. The maximum absolute atomic E-state index is 14.1. The van der Waals surface area contributed by atoms with Gasteiger partial charge >= 0.3 is 0 Å². The molecule has 6 aliphatic heterocycles. The minimum Gasteiger partial charge on any atom is -0.483 e. The van der Waals surface area contributed by atoms with Gasteiger partial charge in [0, 0.05) is 131 Å². The fourth-order valence-corrected chi connectivity index (χ4v) is 14.4. The molecule has 6 bridgehead atoms. The normalized spacial score (nSPS) is 16.7. The van der Waals surface area contributed by atoms with Crippen LogP contribution < -0.4 is 46.4 Å². The number of pyridine rings is 3. The fraction of sp³-hybridized carbons (Fsp3) is 0.296. The van der Waals surface area contributed by atoms with Crippen LogP contribution >= 0.6 is 0 Å². The van der Waals surface area contributed by atoms with Gasteiger partial charge in [0.05, 0.1) is 18.1 Å². The number of aromatic nitrogens is 3. The third-order valence-corrected chi connectivity index (χ3v) is 20.2. The Labute approximate surface area is 627 Å². The summed E-state index contributed by atoms with van der Waals surface area (Å²) in [6, 6.07) is 29.8. The summed E-state index contributed by atoms with van der Waals surface area (Å²) >= 11 is 0. The van der Waals surface area contributed by atoms with E-state index in [2.05, 4.69) is 16.0 Å². The zero-order valence-corrected chi connectivity index (χ0v) is 59.4. The first-order chi connectivity index (χ1) is 53.5. The summed E-state index contributed by atoms with van der Waals surface area (Å²) < 4.78 is 147. The third-order valence-electron chi connectivity index (χ3n) is 20.2. The number of halogens is 9. The number of nitrogens with one attached hydrogen (secondary N) is 3. The molecule has 6 amide bonds. The average molecular weight is 1530 g/mol. The first-order valence-corrected chi connectivity index (χ1v) is 36.0. The van der Waals surface area contributed by atoms with Crippen LogP contribution in [0.2, 0.25) is 0 Å². The number of nitrogens with zero attached hydrogens (tertiary/aromatic N) is 6. The molecule has 1 unspecified atom stereocenters. The Morgan fingerprint density at radius 1 is 0.351 bits per heavy atom. The molecule has 3 saturated heterocycles. The van der Waals surface area contributed by atoms with Crippen molar-refractivity contribution in [1.82, 2.24) is 44.4 Å². The molecule has 3 aromatic heterocycles. The number of hydrogen-bond donors (Lipinski definition) is 3. The van der Waals surface area contributed by atoms with E-state index in [1.54, 1.807) is 64.8 Å². The molecule has 15 rings (SSSR count). The molecule has 30 heteroatoms. The van der Waals surface area contributed by atoms with Crippen molar-refractivity contribution >= 4 is 35.4 Å². The minimum absolute atomic E-state index is 0.00188. The number of carbonyl (C=O) groups is 6. The lowest BCUT2D eigenvalue weighted by atomic mass is 10.1. The van der Waals surface area contributed by atoms with Crippen molar-refractivity contribution in [3.8, 4) is 17.2 Å². The maximum Gasteiger partial charge on any atom is 0.274 e. The predicted octanol–water partition coefficient (Wildman–Crippen LogP) is 11.9. The second kappa shape index (κ2) is 33.7. The van der Waals surface area contributed by atoms with Gasteiger partial charge < -0.3 is 58.6 Å². The number of fused-ring (bicyclic) bond motifs is 12. The van der Waals surface area contributed by atoms with Crippen LogP contribution in [0.3, 0.4) is 0 Å². The Morgan fingerprint density at radius 2 is 0.595 bits per heavy atom. The molecule has 0 radical (unpaired) electrons. The average Bonchev–Trinajstić information content (AvgIpc) is 1.66. The van der Waals surface area contributed by atoms with Gasteiger partial charge in [0.25, 0.3) is 35.4 Å². The molecule has 3 atom stereocenters. The highest BCUT2D eigenvalue weighted by Gasteiger charge is 2.41. The van der Waals surface area contributed by atoms with Crippen molar-refractivity contribution in [2.45, 2.75) is 115 Å². The van der Waals surface area contributed by atoms with E-state index in [-0.39, 0.29) is 107 Å². The molecule has 6 aliphatic rings. The van der Waals surface area contributed by atoms with Gasteiger partial charge in [-0.2, -0.15) is 0 Å². The molecule has 9 heterocycles. The van der Waals surface area contributed by atoms with E-state index in [1.807, 2.05) is 54.6 Å². The summed E-state index contributed by atoms with van der Waals surface area (Å²) in [5, 5.41) is 7.02. The van der Waals surface area contributed by atoms with E-state index in [9.17, 15) is 82.7 Å². The van der Waals surface area contributed by atoms with Gasteiger partial charge in [-0.3, -0.25) is 43.2 Å². The molecular weight excluding hydrogens is 1460 g/mol. The van der Waals surface area contributed by atoms with Crippen LogP contribution in [0.5, 0.6) is 17.2 Å².